The molecule has 2 N–H and O–H groups in total. The zero-order valence-electron chi connectivity index (χ0n) is 8.88. The zero-order valence-corrected chi connectivity index (χ0v) is 8.88. The van der Waals surface area contributed by atoms with E-state index in [2.05, 4.69) is 19.2 Å². The predicted octanol–water partition coefficient (Wildman–Crippen LogP) is 1.40. The van der Waals surface area contributed by atoms with E-state index in [1.54, 1.807) is 0 Å². The van der Waals surface area contributed by atoms with Gasteiger partial charge in [-0.25, -0.2) is 0 Å². The molecule has 0 atom stereocenters. The maximum atomic E-state index is 11.0. The molecule has 0 saturated carbocycles. The van der Waals surface area contributed by atoms with Gasteiger partial charge in [0.15, 0.2) is 0 Å². The van der Waals surface area contributed by atoms with Gasteiger partial charge in [-0.1, -0.05) is 26.7 Å². The SMILES string of the molecule is CC(C)CCCCC(=O)NCC(=O)O. The van der Waals surface area contributed by atoms with Crippen molar-refractivity contribution in [3.8, 4) is 0 Å². The quantitative estimate of drug-likeness (QED) is 0.612. The van der Waals surface area contributed by atoms with Crippen molar-refractivity contribution in [2.45, 2.75) is 39.5 Å². The van der Waals surface area contributed by atoms with E-state index in [1.807, 2.05) is 0 Å². The Morgan fingerprint density at radius 1 is 1.29 bits per heavy atom. The number of nitrogens with one attached hydrogen (secondary N) is 1. The molecule has 1 amide bonds. The van der Waals surface area contributed by atoms with Crippen molar-refractivity contribution in [2.75, 3.05) is 6.54 Å². The van der Waals surface area contributed by atoms with Crippen LogP contribution >= 0.6 is 0 Å². The molecule has 0 spiro atoms. The van der Waals surface area contributed by atoms with Crippen LogP contribution in [0.5, 0.6) is 0 Å². The topological polar surface area (TPSA) is 66.4 Å². The first-order valence-electron chi connectivity index (χ1n) is 5.01. The fourth-order valence-electron chi connectivity index (χ4n) is 1.10. The first-order chi connectivity index (χ1) is 6.52. The number of carboxylic acid groups (broad SMARTS) is 1. The molecule has 82 valence electrons. The van der Waals surface area contributed by atoms with E-state index in [-0.39, 0.29) is 12.5 Å². The average Bonchev–Trinajstić information content (AvgIpc) is 2.08. The third-order valence-corrected chi connectivity index (χ3v) is 1.87. The summed E-state index contributed by atoms with van der Waals surface area (Å²) in [5, 5.41) is 10.6. The van der Waals surface area contributed by atoms with Crippen LogP contribution in [-0.2, 0) is 9.59 Å². The third-order valence-electron chi connectivity index (χ3n) is 1.87. The van der Waals surface area contributed by atoms with Gasteiger partial charge in [-0.05, 0) is 12.3 Å². The molecule has 4 nitrogen and oxygen atoms in total. The van der Waals surface area contributed by atoms with Crippen LogP contribution in [0.4, 0.5) is 0 Å². The maximum Gasteiger partial charge on any atom is 0.322 e. The van der Waals surface area contributed by atoms with E-state index in [1.165, 1.54) is 0 Å². The molecule has 0 heterocycles. The number of aliphatic carboxylic acids is 1. The van der Waals surface area contributed by atoms with Crippen LogP contribution in [0.3, 0.4) is 0 Å². The molecule has 0 rings (SSSR count). The molecule has 0 aliphatic rings. The van der Waals surface area contributed by atoms with Crippen molar-refractivity contribution in [3.63, 3.8) is 0 Å². The molecule has 0 saturated heterocycles. The summed E-state index contributed by atoms with van der Waals surface area (Å²) >= 11 is 0. The van der Waals surface area contributed by atoms with Gasteiger partial charge in [0.05, 0.1) is 0 Å². The Kier molecular flexibility index (Phi) is 6.80. The van der Waals surface area contributed by atoms with Gasteiger partial charge < -0.3 is 10.4 Å². The van der Waals surface area contributed by atoms with Gasteiger partial charge in [-0.3, -0.25) is 9.59 Å². The van der Waals surface area contributed by atoms with Crippen molar-refractivity contribution in [3.05, 3.63) is 0 Å². The van der Waals surface area contributed by atoms with E-state index in [0.29, 0.717) is 12.3 Å². The molecule has 14 heavy (non-hydrogen) atoms. The molecule has 0 radical (unpaired) electrons. The summed E-state index contributed by atoms with van der Waals surface area (Å²) in [5.41, 5.74) is 0. The minimum Gasteiger partial charge on any atom is -0.480 e. The Balaban J connectivity index is 3.31. The molecule has 0 fully saturated rings. The van der Waals surface area contributed by atoms with Crippen molar-refractivity contribution in [1.82, 2.24) is 5.32 Å². The number of carboxylic acids is 1. The molecule has 0 aliphatic carbocycles. The third kappa shape index (κ3) is 9.03. The molecule has 0 bridgehead atoms. The highest BCUT2D eigenvalue weighted by molar-refractivity contribution is 5.80. The molecule has 0 aromatic carbocycles. The number of amides is 1. The lowest BCUT2D eigenvalue weighted by molar-refractivity contribution is -0.137. The van der Waals surface area contributed by atoms with Gasteiger partial charge in [0.1, 0.15) is 6.54 Å². The number of rotatable bonds is 7. The van der Waals surface area contributed by atoms with Crippen molar-refractivity contribution in [2.24, 2.45) is 5.92 Å². The highest BCUT2D eigenvalue weighted by atomic mass is 16.4. The second kappa shape index (κ2) is 7.35. The standard InChI is InChI=1S/C10H19NO3/c1-8(2)5-3-4-6-9(12)11-7-10(13)14/h8H,3-7H2,1-2H3,(H,11,12)(H,13,14). The molecular weight excluding hydrogens is 182 g/mol. The monoisotopic (exact) mass is 201 g/mol. The minimum absolute atomic E-state index is 0.170. The fourth-order valence-corrected chi connectivity index (χ4v) is 1.10. The Hall–Kier alpha value is -1.06. The second-order valence-electron chi connectivity index (χ2n) is 3.81. The lowest BCUT2D eigenvalue weighted by Crippen LogP contribution is -2.28. The molecule has 0 unspecified atom stereocenters. The van der Waals surface area contributed by atoms with E-state index < -0.39 is 5.97 Å². The Labute approximate surface area is 84.7 Å². The van der Waals surface area contributed by atoms with Gasteiger partial charge in [-0.15, -0.1) is 0 Å². The lowest BCUT2D eigenvalue weighted by Gasteiger charge is -2.04. The summed E-state index contributed by atoms with van der Waals surface area (Å²) < 4.78 is 0. The molecule has 0 aromatic rings. The van der Waals surface area contributed by atoms with Crippen molar-refractivity contribution in [1.29, 1.82) is 0 Å². The first-order valence-corrected chi connectivity index (χ1v) is 5.01. The van der Waals surface area contributed by atoms with E-state index in [9.17, 15) is 9.59 Å². The summed E-state index contributed by atoms with van der Waals surface area (Å²) in [6, 6.07) is 0. The normalized spacial score (nSPS) is 10.2. The van der Waals surface area contributed by atoms with Crippen LogP contribution in [0.25, 0.3) is 0 Å². The van der Waals surface area contributed by atoms with Crippen molar-refractivity contribution < 1.29 is 14.7 Å². The molecule has 0 aromatic heterocycles. The Bertz CT molecular complexity index is 190. The van der Waals surface area contributed by atoms with E-state index in [0.717, 1.165) is 19.3 Å². The summed E-state index contributed by atoms with van der Waals surface area (Å²) in [6.45, 7) is 4.01. The van der Waals surface area contributed by atoms with Gasteiger partial charge in [0, 0.05) is 6.42 Å². The summed E-state index contributed by atoms with van der Waals surface area (Å²) in [4.78, 5) is 21.1. The van der Waals surface area contributed by atoms with Crippen molar-refractivity contribution >= 4 is 11.9 Å². The Morgan fingerprint density at radius 3 is 2.43 bits per heavy atom. The molecular formula is C10H19NO3. The summed E-state index contributed by atoms with van der Waals surface area (Å²) in [5.74, 6) is -0.506. The maximum absolute atomic E-state index is 11.0. The predicted molar refractivity (Wildman–Crippen MR) is 54.0 cm³/mol. The van der Waals surface area contributed by atoms with Crippen LogP contribution in [0.15, 0.2) is 0 Å². The largest absolute Gasteiger partial charge is 0.480 e. The number of hydrogen-bond donors (Lipinski definition) is 2. The van der Waals surface area contributed by atoms with Gasteiger partial charge in [-0.2, -0.15) is 0 Å². The highest BCUT2D eigenvalue weighted by Crippen LogP contribution is 2.07. The number of carbonyl (C=O) groups excluding carboxylic acids is 1. The number of carbonyl (C=O) groups is 2. The number of unbranched alkanes of at least 4 members (excludes halogenated alkanes) is 1. The minimum atomic E-state index is -1.000. The molecule has 4 heteroatoms. The fraction of sp³-hybridized carbons (Fsp3) is 0.800. The van der Waals surface area contributed by atoms with E-state index in [4.69, 9.17) is 5.11 Å². The smallest absolute Gasteiger partial charge is 0.322 e. The summed E-state index contributed by atoms with van der Waals surface area (Å²) in [6.07, 6.45) is 3.41. The summed E-state index contributed by atoms with van der Waals surface area (Å²) in [7, 11) is 0. The molecule has 0 aliphatic heterocycles. The van der Waals surface area contributed by atoms with Crippen LogP contribution < -0.4 is 5.32 Å². The Morgan fingerprint density at radius 2 is 1.93 bits per heavy atom. The highest BCUT2D eigenvalue weighted by Gasteiger charge is 2.03. The lowest BCUT2D eigenvalue weighted by atomic mass is 10.1. The van der Waals surface area contributed by atoms with Crippen LogP contribution in [-0.4, -0.2) is 23.5 Å². The van der Waals surface area contributed by atoms with Crippen LogP contribution in [0.2, 0.25) is 0 Å². The van der Waals surface area contributed by atoms with E-state index >= 15 is 0 Å². The van der Waals surface area contributed by atoms with Gasteiger partial charge >= 0.3 is 5.97 Å². The average molecular weight is 201 g/mol. The van der Waals surface area contributed by atoms with Crippen LogP contribution in [0, 0.1) is 5.92 Å². The van der Waals surface area contributed by atoms with Gasteiger partial charge in [0.25, 0.3) is 0 Å². The van der Waals surface area contributed by atoms with Gasteiger partial charge in [0.2, 0.25) is 5.91 Å². The first kappa shape index (κ1) is 12.9. The number of hydrogen-bond acceptors (Lipinski definition) is 2. The zero-order chi connectivity index (χ0) is 11.0. The van der Waals surface area contributed by atoms with Crippen LogP contribution in [0.1, 0.15) is 39.5 Å². The second-order valence-corrected chi connectivity index (χ2v) is 3.81.